The van der Waals surface area contributed by atoms with E-state index in [2.05, 4.69) is 0 Å². The highest BCUT2D eigenvalue weighted by molar-refractivity contribution is 5.87. The zero-order valence-corrected chi connectivity index (χ0v) is 10.2. The van der Waals surface area contributed by atoms with Crippen molar-refractivity contribution >= 4 is 5.97 Å². The first kappa shape index (κ1) is 15.4. The summed E-state index contributed by atoms with van der Waals surface area (Å²) in [5.74, 6) is -2.36. The molecule has 1 aromatic carbocycles. The van der Waals surface area contributed by atoms with Crippen molar-refractivity contribution in [2.45, 2.75) is 19.6 Å². The summed E-state index contributed by atoms with van der Waals surface area (Å²) in [6, 6.07) is 3.31. The number of hydrogen-bond acceptors (Lipinski definition) is 2. The van der Waals surface area contributed by atoms with Crippen molar-refractivity contribution in [3.05, 3.63) is 35.1 Å². The zero-order valence-electron chi connectivity index (χ0n) is 10.2. The predicted octanol–water partition coefficient (Wildman–Crippen LogP) is 2.91. The molecule has 106 valence electrons. The van der Waals surface area contributed by atoms with Crippen LogP contribution in [-0.2, 0) is 6.54 Å². The largest absolute Gasteiger partial charge is 0.478 e. The number of carbonyl (C=O) groups is 1. The molecule has 0 heterocycles. The maximum Gasteiger partial charge on any atom is 0.401 e. The van der Waals surface area contributed by atoms with Crippen LogP contribution in [0.5, 0.6) is 0 Å². The van der Waals surface area contributed by atoms with E-state index in [4.69, 9.17) is 5.11 Å². The van der Waals surface area contributed by atoms with E-state index in [1.165, 1.54) is 6.07 Å². The van der Waals surface area contributed by atoms with Crippen LogP contribution in [0.25, 0.3) is 0 Å². The molecule has 1 rings (SSSR count). The van der Waals surface area contributed by atoms with E-state index in [1.54, 1.807) is 6.92 Å². The van der Waals surface area contributed by atoms with Gasteiger partial charge in [-0.1, -0.05) is 13.0 Å². The van der Waals surface area contributed by atoms with Crippen LogP contribution in [0.15, 0.2) is 18.2 Å². The molecule has 0 unspecified atom stereocenters. The van der Waals surface area contributed by atoms with E-state index < -0.39 is 30.1 Å². The molecule has 0 atom stereocenters. The van der Waals surface area contributed by atoms with Crippen molar-refractivity contribution in [2.24, 2.45) is 0 Å². The predicted molar refractivity (Wildman–Crippen MR) is 60.4 cm³/mol. The van der Waals surface area contributed by atoms with Gasteiger partial charge >= 0.3 is 12.1 Å². The van der Waals surface area contributed by atoms with Crippen molar-refractivity contribution in [1.82, 2.24) is 4.90 Å². The minimum atomic E-state index is -4.32. The fourth-order valence-electron chi connectivity index (χ4n) is 1.62. The third-order valence-corrected chi connectivity index (χ3v) is 2.52. The average Bonchev–Trinajstić information content (AvgIpc) is 2.25. The summed E-state index contributed by atoms with van der Waals surface area (Å²) in [4.78, 5) is 11.7. The first-order valence-electron chi connectivity index (χ1n) is 5.53. The van der Waals surface area contributed by atoms with Gasteiger partial charge in [0.2, 0.25) is 0 Å². The zero-order chi connectivity index (χ0) is 14.6. The fraction of sp³-hybridized carbons (Fsp3) is 0.417. The normalized spacial score (nSPS) is 11.9. The van der Waals surface area contributed by atoms with Gasteiger partial charge in [0, 0.05) is 6.54 Å². The third-order valence-electron chi connectivity index (χ3n) is 2.52. The van der Waals surface area contributed by atoms with Crippen molar-refractivity contribution < 1.29 is 27.5 Å². The van der Waals surface area contributed by atoms with Gasteiger partial charge in [-0.15, -0.1) is 0 Å². The summed E-state index contributed by atoms with van der Waals surface area (Å²) >= 11 is 0. The van der Waals surface area contributed by atoms with Gasteiger partial charge in [-0.05, 0) is 24.2 Å². The minimum Gasteiger partial charge on any atom is -0.478 e. The molecule has 0 spiro atoms. The lowest BCUT2D eigenvalue weighted by Gasteiger charge is -2.22. The van der Waals surface area contributed by atoms with E-state index in [-0.39, 0.29) is 13.1 Å². The Kier molecular flexibility index (Phi) is 4.88. The number of nitrogens with zero attached hydrogens (tertiary/aromatic N) is 1. The molecule has 7 heteroatoms. The van der Waals surface area contributed by atoms with E-state index >= 15 is 0 Å². The Bertz CT molecular complexity index is 460. The number of aromatic carboxylic acids is 1. The minimum absolute atomic E-state index is 0.0904. The first-order chi connectivity index (χ1) is 8.73. The second kappa shape index (κ2) is 6.01. The maximum atomic E-state index is 13.4. The molecule has 1 aromatic rings. The molecule has 0 saturated carbocycles. The average molecular weight is 279 g/mol. The molecule has 0 aliphatic heterocycles. The molecule has 0 saturated heterocycles. The molecule has 0 aliphatic rings. The number of halogens is 4. The molecule has 0 fully saturated rings. The van der Waals surface area contributed by atoms with Crippen molar-refractivity contribution in [2.75, 3.05) is 13.1 Å². The number of alkyl halides is 3. The van der Waals surface area contributed by atoms with Crippen LogP contribution in [0.1, 0.15) is 22.8 Å². The highest BCUT2D eigenvalue weighted by atomic mass is 19.4. The van der Waals surface area contributed by atoms with E-state index in [1.807, 2.05) is 0 Å². The van der Waals surface area contributed by atoms with E-state index in [9.17, 15) is 22.4 Å². The Balaban J connectivity index is 2.81. The smallest absolute Gasteiger partial charge is 0.401 e. The Hall–Kier alpha value is -1.63. The maximum absolute atomic E-state index is 13.4. The van der Waals surface area contributed by atoms with Crippen LogP contribution >= 0.6 is 0 Å². The van der Waals surface area contributed by atoms with Gasteiger partial charge in [-0.25, -0.2) is 9.18 Å². The summed E-state index contributed by atoms with van der Waals surface area (Å²) in [5, 5.41) is 8.64. The van der Waals surface area contributed by atoms with Gasteiger partial charge in [0.15, 0.2) is 0 Å². The third kappa shape index (κ3) is 4.86. The monoisotopic (exact) mass is 279 g/mol. The van der Waals surface area contributed by atoms with E-state index in [0.717, 1.165) is 17.0 Å². The Morgan fingerprint density at radius 3 is 2.42 bits per heavy atom. The number of benzene rings is 1. The van der Waals surface area contributed by atoms with Crippen LogP contribution in [-0.4, -0.2) is 35.2 Å². The highest BCUT2D eigenvalue weighted by Gasteiger charge is 2.30. The van der Waals surface area contributed by atoms with Crippen molar-refractivity contribution in [3.63, 3.8) is 0 Å². The number of hydrogen-bond donors (Lipinski definition) is 1. The number of carboxylic acids is 1. The summed E-state index contributed by atoms with van der Waals surface area (Å²) < 4.78 is 50.1. The molecule has 19 heavy (non-hydrogen) atoms. The lowest BCUT2D eigenvalue weighted by Crippen LogP contribution is -2.33. The second-order valence-electron chi connectivity index (χ2n) is 4.04. The fourth-order valence-corrected chi connectivity index (χ4v) is 1.62. The van der Waals surface area contributed by atoms with Crippen LogP contribution in [0.4, 0.5) is 17.6 Å². The summed E-state index contributed by atoms with van der Waals surface area (Å²) in [6.45, 7) is 0.536. The summed E-state index contributed by atoms with van der Waals surface area (Å²) in [7, 11) is 0. The lowest BCUT2D eigenvalue weighted by molar-refractivity contribution is -0.146. The lowest BCUT2D eigenvalue weighted by atomic mass is 10.1. The van der Waals surface area contributed by atoms with Crippen molar-refractivity contribution in [3.8, 4) is 0 Å². The SMILES string of the molecule is CCN(Cc1ccc(C(=O)O)c(F)c1)CC(F)(F)F. The van der Waals surface area contributed by atoms with Gasteiger partial charge in [-0.2, -0.15) is 13.2 Å². The van der Waals surface area contributed by atoms with Crippen LogP contribution in [0, 0.1) is 5.82 Å². The Morgan fingerprint density at radius 2 is 2.00 bits per heavy atom. The van der Waals surface area contributed by atoms with Gasteiger partial charge < -0.3 is 5.11 Å². The molecule has 0 aromatic heterocycles. The summed E-state index contributed by atoms with van der Waals surface area (Å²) in [6.07, 6.45) is -4.32. The molecular formula is C12H13F4NO2. The van der Waals surface area contributed by atoms with Gasteiger partial charge in [0.25, 0.3) is 0 Å². The van der Waals surface area contributed by atoms with Crippen LogP contribution < -0.4 is 0 Å². The topological polar surface area (TPSA) is 40.5 Å². The molecule has 0 aliphatic carbocycles. The van der Waals surface area contributed by atoms with Crippen molar-refractivity contribution in [1.29, 1.82) is 0 Å². The molecule has 3 nitrogen and oxygen atoms in total. The highest BCUT2D eigenvalue weighted by Crippen LogP contribution is 2.19. The standard InChI is InChI=1S/C12H13F4NO2/c1-2-17(7-12(14,15)16)6-8-3-4-9(11(18)19)10(13)5-8/h3-5H,2,6-7H2,1H3,(H,18,19). The molecular weight excluding hydrogens is 266 g/mol. The molecule has 0 radical (unpaired) electrons. The Morgan fingerprint density at radius 1 is 1.37 bits per heavy atom. The van der Waals surface area contributed by atoms with Gasteiger partial charge in [-0.3, -0.25) is 4.90 Å². The quantitative estimate of drug-likeness (QED) is 0.842. The van der Waals surface area contributed by atoms with E-state index in [0.29, 0.717) is 5.56 Å². The Labute approximate surface area is 107 Å². The molecule has 1 N–H and O–H groups in total. The number of rotatable bonds is 5. The molecule has 0 bridgehead atoms. The van der Waals surface area contributed by atoms with Crippen LogP contribution in [0.2, 0.25) is 0 Å². The second-order valence-corrected chi connectivity index (χ2v) is 4.04. The van der Waals surface area contributed by atoms with Gasteiger partial charge in [0.1, 0.15) is 5.82 Å². The number of carboxylic acid groups (broad SMARTS) is 1. The van der Waals surface area contributed by atoms with Crippen LogP contribution in [0.3, 0.4) is 0 Å². The summed E-state index contributed by atoms with van der Waals surface area (Å²) in [5.41, 5.74) is -0.198. The van der Waals surface area contributed by atoms with Gasteiger partial charge in [0.05, 0.1) is 12.1 Å². The molecule has 0 amide bonds. The first-order valence-corrected chi connectivity index (χ1v) is 5.53.